The second-order valence-corrected chi connectivity index (χ2v) is 11.9. The van der Waals surface area contributed by atoms with Crippen LogP contribution in [0.25, 0.3) is 10.8 Å². The average molecular weight is 558 g/mol. The van der Waals surface area contributed by atoms with Gasteiger partial charge in [0.1, 0.15) is 17.7 Å². The van der Waals surface area contributed by atoms with Crippen LogP contribution in [0.4, 0.5) is 10.5 Å². The zero-order valence-corrected chi connectivity index (χ0v) is 25.3. The molecule has 0 bridgehead atoms. The maximum atomic E-state index is 14.3. The van der Waals surface area contributed by atoms with Crippen LogP contribution in [0.1, 0.15) is 63.8 Å². The molecule has 0 radical (unpaired) electrons. The van der Waals surface area contributed by atoms with E-state index in [2.05, 4.69) is 17.2 Å². The molecule has 0 aliphatic carbocycles. The van der Waals surface area contributed by atoms with Crippen molar-refractivity contribution in [1.82, 2.24) is 10.2 Å². The minimum atomic E-state index is -0.969. The fourth-order valence-electron chi connectivity index (χ4n) is 4.97. The average Bonchev–Trinajstić information content (AvgIpc) is 2.87. The predicted molar refractivity (Wildman–Crippen MR) is 166 cm³/mol. The smallest absolute Gasteiger partial charge is 0.408 e. The van der Waals surface area contributed by atoms with Gasteiger partial charge in [0.05, 0.1) is 0 Å². The summed E-state index contributed by atoms with van der Waals surface area (Å²) < 4.78 is 5.46. The van der Waals surface area contributed by atoms with Gasteiger partial charge in [0.25, 0.3) is 5.91 Å². The first kappa shape index (κ1) is 31.4. The molecule has 7 heteroatoms. The van der Waals surface area contributed by atoms with Crippen molar-refractivity contribution in [2.75, 3.05) is 11.9 Å². The molecule has 3 aromatic rings. The zero-order chi connectivity index (χ0) is 30.3. The number of nitrogens with zero attached hydrogens (tertiary/aromatic N) is 1. The Morgan fingerprint density at radius 2 is 1.59 bits per heavy atom. The summed E-state index contributed by atoms with van der Waals surface area (Å²) >= 11 is 0. The van der Waals surface area contributed by atoms with Gasteiger partial charge in [0.15, 0.2) is 0 Å². The highest BCUT2D eigenvalue weighted by Crippen LogP contribution is 2.31. The quantitative estimate of drug-likeness (QED) is 0.261. The third-order valence-electron chi connectivity index (χ3n) is 6.70. The first-order valence-electron chi connectivity index (χ1n) is 14.1. The lowest BCUT2D eigenvalue weighted by Crippen LogP contribution is -2.53. The van der Waals surface area contributed by atoms with Crippen LogP contribution in [0.2, 0.25) is 0 Å². The Morgan fingerprint density at radius 1 is 0.951 bits per heavy atom. The van der Waals surface area contributed by atoms with Gasteiger partial charge in [0, 0.05) is 12.2 Å². The summed E-state index contributed by atoms with van der Waals surface area (Å²) in [4.78, 5) is 42.7. The van der Waals surface area contributed by atoms with Crippen molar-refractivity contribution in [3.05, 3.63) is 90.0 Å². The molecule has 0 aliphatic heterocycles. The van der Waals surface area contributed by atoms with Crippen LogP contribution in [0.15, 0.2) is 73.3 Å². The number of hydrogen-bond acceptors (Lipinski definition) is 4. The maximum absolute atomic E-state index is 14.3. The summed E-state index contributed by atoms with van der Waals surface area (Å²) in [6, 6.07) is 17.6. The second kappa shape index (κ2) is 13.5. The van der Waals surface area contributed by atoms with Crippen LogP contribution < -0.4 is 10.6 Å². The van der Waals surface area contributed by atoms with Gasteiger partial charge >= 0.3 is 6.09 Å². The fourth-order valence-corrected chi connectivity index (χ4v) is 4.97. The Balaban J connectivity index is 2.06. The maximum Gasteiger partial charge on any atom is 0.408 e. The van der Waals surface area contributed by atoms with Gasteiger partial charge in [-0.2, -0.15) is 0 Å². The largest absolute Gasteiger partial charge is 0.444 e. The number of anilines is 1. The number of alkyl carbamates (subject to hydrolysis) is 1. The highest BCUT2D eigenvalue weighted by Gasteiger charge is 2.37. The minimum Gasteiger partial charge on any atom is -0.444 e. The molecule has 0 fully saturated rings. The molecule has 0 aliphatic rings. The van der Waals surface area contributed by atoms with Crippen molar-refractivity contribution in [3.8, 4) is 0 Å². The van der Waals surface area contributed by atoms with Crippen molar-refractivity contribution >= 4 is 34.4 Å². The summed E-state index contributed by atoms with van der Waals surface area (Å²) in [6.45, 7) is 17.1. The lowest BCUT2D eigenvalue weighted by Gasteiger charge is -2.35. The Kier molecular flexibility index (Phi) is 10.3. The summed E-state index contributed by atoms with van der Waals surface area (Å²) in [6.07, 6.45) is 1.29. The molecule has 0 spiro atoms. The molecule has 0 heterocycles. The van der Waals surface area contributed by atoms with Crippen LogP contribution in [0, 0.1) is 19.8 Å². The Hall–Kier alpha value is -4.13. The first-order valence-corrected chi connectivity index (χ1v) is 14.1. The summed E-state index contributed by atoms with van der Waals surface area (Å²) in [5.41, 5.74) is 2.40. The van der Waals surface area contributed by atoms with Crippen LogP contribution in [0.5, 0.6) is 0 Å². The number of ether oxygens (including phenoxy) is 1. The molecule has 7 nitrogen and oxygen atoms in total. The van der Waals surface area contributed by atoms with Crippen LogP contribution in [-0.4, -0.2) is 41.0 Å². The first-order chi connectivity index (χ1) is 19.3. The van der Waals surface area contributed by atoms with E-state index in [0.717, 1.165) is 27.5 Å². The van der Waals surface area contributed by atoms with Gasteiger partial charge in [0.2, 0.25) is 5.91 Å². The third kappa shape index (κ3) is 8.43. The molecule has 0 aromatic heterocycles. The predicted octanol–water partition coefficient (Wildman–Crippen LogP) is 7.09. The molecule has 0 saturated carbocycles. The van der Waals surface area contributed by atoms with Crippen LogP contribution in [-0.2, 0) is 14.3 Å². The van der Waals surface area contributed by atoms with E-state index >= 15 is 0 Å². The summed E-state index contributed by atoms with van der Waals surface area (Å²) in [5, 5.41) is 7.88. The number of carbonyl (C=O) groups excluding carboxylic acids is 3. The number of nitrogens with one attached hydrogen (secondary N) is 2. The molecule has 41 heavy (non-hydrogen) atoms. The molecule has 2 atom stereocenters. The number of carbonyl (C=O) groups is 3. The van der Waals surface area contributed by atoms with E-state index in [9.17, 15) is 14.4 Å². The van der Waals surface area contributed by atoms with E-state index in [0.29, 0.717) is 12.1 Å². The third-order valence-corrected chi connectivity index (χ3v) is 6.70. The van der Waals surface area contributed by atoms with Crippen molar-refractivity contribution in [1.29, 1.82) is 0 Å². The molecule has 3 amide bonds. The van der Waals surface area contributed by atoms with E-state index < -0.39 is 23.8 Å². The Labute approximate surface area is 244 Å². The number of fused-ring (bicyclic) bond motifs is 1. The highest BCUT2D eigenvalue weighted by atomic mass is 16.6. The molecular weight excluding hydrogens is 514 g/mol. The van der Waals surface area contributed by atoms with E-state index in [-0.39, 0.29) is 24.3 Å². The van der Waals surface area contributed by atoms with Crippen molar-refractivity contribution in [2.45, 2.75) is 72.6 Å². The van der Waals surface area contributed by atoms with Gasteiger partial charge in [-0.3, -0.25) is 9.59 Å². The monoisotopic (exact) mass is 557 g/mol. The number of amides is 3. The SMILES string of the molecule is C=CCN(C(=O)C(CC(C)C)NC(=O)OC(C)(C)C)C(C(=O)Nc1ccc2ccccc2c1)c1c(C)cccc1C. The van der Waals surface area contributed by atoms with Crippen LogP contribution in [0.3, 0.4) is 0 Å². The number of rotatable bonds is 10. The van der Waals surface area contributed by atoms with E-state index in [1.807, 2.05) is 88.4 Å². The van der Waals surface area contributed by atoms with Gasteiger partial charge in [-0.1, -0.05) is 68.5 Å². The number of benzene rings is 3. The summed E-state index contributed by atoms with van der Waals surface area (Å²) in [5.74, 6) is -0.645. The van der Waals surface area contributed by atoms with E-state index in [4.69, 9.17) is 4.74 Å². The van der Waals surface area contributed by atoms with Crippen LogP contribution >= 0.6 is 0 Å². The number of hydrogen-bond donors (Lipinski definition) is 2. The summed E-state index contributed by atoms with van der Waals surface area (Å²) in [7, 11) is 0. The molecule has 2 unspecified atom stereocenters. The zero-order valence-electron chi connectivity index (χ0n) is 25.3. The molecule has 0 saturated heterocycles. The Bertz CT molecular complexity index is 1390. The minimum absolute atomic E-state index is 0.0922. The molecule has 218 valence electrons. The molecule has 3 rings (SSSR count). The molecular formula is C34H43N3O4. The Morgan fingerprint density at radius 3 is 2.17 bits per heavy atom. The topological polar surface area (TPSA) is 87.7 Å². The van der Waals surface area contributed by atoms with Crippen molar-refractivity contribution in [2.24, 2.45) is 5.92 Å². The second-order valence-electron chi connectivity index (χ2n) is 11.9. The lowest BCUT2D eigenvalue weighted by molar-refractivity contribution is -0.140. The van der Waals surface area contributed by atoms with Crippen molar-refractivity contribution in [3.63, 3.8) is 0 Å². The van der Waals surface area contributed by atoms with Crippen molar-refractivity contribution < 1.29 is 19.1 Å². The van der Waals surface area contributed by atoms with E-state index in [1.165, 1.54) is 4.90 Å². The number of aryl methyl sites for hydroxylation is 2. The van der Waals surface area contributed by atoms with Gasteiger partial charge < -0.3 is 20.3 Å². The van der Waals surface area contributed by atoms with E-state index in [1.54, 1.807) is 26.8 Å². The normalized spacial score (nSPS) is 12.9. The fraction of sp³-hybridized carbons (Fsp3) is 0.382. The highest BCUT2D eigenvalue weighted by molar-refractivity contribution is 6.00. The lowest BCUT2D eigenvalue weighted by atomic mass is 9.93. The standard InChI is InChI=1S/C34H43N3O4/c1-9-19-37(32(39)28(20-22(2)3)36-33(40)41-34(6,7)8)30(29-23(4)13-12-14-24(29)5)31(38)35-27-18-17-25-15-10-11-16-26(25)21-27/h9-18,21-22,28,30H,1,19-20H2,2-8H3,(H,35,38)(H,36,40). The van der Waals surface area contributed by atoms with Gasteiger partial charge in [-0.25, -0.2) is 4.79 Å². The van der Waals surface area contributed by atoms with Gasteiger partial charge in [-0.15, -0.1) is 6.58 Å². The van der Waals surface area contributed by atoms with Gasteiger partial charge in [-0.05, 0) is 86.6 Å². The molecule has 3 aromatic carbocycles. The molecule has 2 N–H and O–H groups in total.